The molecule has 0 saturated heterocycles. The summed E-state index contributed by atoms with van der Waals surface area (Å²) in [5, 5.41) is 17.0. The van der Waals surface area contributed by atoms with E-state index in [-0.39, 0.29) is 23.2 Å². The van der Waals surface area contributed by atoms with Crippen molar-refractivity contribution in [1.82, 2.24) is 0 Å². The quantitative estimate of drug-likeness (QED) is 0.229. The van der Waals surface area contributed by atoms with Crippen LogP contribution >= 0.6 is 0 Å². The van der Waals surface area contributed by atoms with Crippen molar-refractivity contribution in [3.8, 4) is 17.2 Å². The Morgan fingerprint density at radius 2 is 1.69 bits per heavy atom. The zero-order chi connectivity index (χ0) is 26.0. The molecule has 1 heterocycles. The van der Waals surface area contributed by atoms with Gasteiger partial charge in [-0.3, -0.25) is 14.9 Å². The van der Waals surface area contributed by atoms with Crippen molar-refractivity contribution in [2.45, 2.75) is 13.1 Å². The standard InChI is InChI=1S/C25H18F3N3O5/c1-15-19(24(32)30(29-15)18-6-4-3-5-7-18)12-16-8-10-22(23(13-16)35-2)36-21-11-9-17(25(26,27)28)14-20(21)31(33)34/h3-14H,1-2H3. The SMILES string of the molecule is COc1cc(C=C2C(=O)N(c3ccccc3)N=C2C)ccc1Oc1ccc(C(F)(F)F)cc1[N+](=O)[O-]. The minimum absolute atomic E-state index is 0.0385. The van der Waals surface area contributed by atoms with Crippen molar-refractivity contribution in [2.75, 3.05) is 12.1 Å². The average Bonchev–Trinajstić information content (AvgIpc) is 3.13. The smallest absolute Gasteiger partial charge is 0.416 e. The third-order valence-electron chi connectivity index (χ3n) is 5.26. The van der Waals surface area contributed by atoms with Crippen LogP contribution in [0, 0.1) is 10.1 Å². The van der Waals surface area contributed by atoms with Gasteiger partial charge in [-0.25, -0.2) is 0 Å². The number of benzene rings is 3. The number of alkyl halides is 3. The molecular formula is C25H18F3N3O5. The van der Waals surface area contributed by atoms with Crippen LogP contribution in [0.1, 0.15) is 18.1 Å². The fourth-order valence-electron chi connectivity index (χ4n) is 3.49. The molecule has 3 aromatic rings. The predicted octanol–water partition coefficient (Wildman–Crippen LogP) is 6.22. The number of halogens is 3. The summed E-state index contributed by atoms with van der Waals surface area (Å²) in [4.78, 5) is 23.3. The molecule has 0 atom stereocenters. The Balaban J connectivity index is 1.63. The first-order valence-corrected chi connectivity index (χ1v) is 10.5. The molecule has 0 N–H and O–H groups in total. The first-order valence-electron chi connectivity index (χ1n) is 10.5. The number of nitrogens with zero attached hydrogens (tertiary/aromatic N) is 3. The first-order chi connectivity index (χ1) is 17.1. The third kappa shape index (κ3) is 4.90. The fourth-order valence-corrected chi connectivity index (χ4v) is 3.49. The van der Waals surface area contributed by atoms with E-state index in [9.17, 15) is 28.1 Å². The summed E-state index contributed by atoms with van der Waals surface area (Å²) in [5.74, 6) is -0.515. The molecule has 0 aromatic heterocycles. The molecule has 36 heavy (non-hydrogen) atoms. The summed E-state index contributed by atoms with van der Waals surface area (Å²) in [6.45, 7) is 1.70. The number of hydrazone groups is 1. The van der Waals surface area contributed by atoms with Gasteiger partial charge < -0.3 is 9.47 Å². The van der Waals surface area contributed by atoms with Gasteiger partial charge in [-0.2, -0.15) is 23.3 Å². The summed E-state index contributed by atoms with van der Waals surface area (Å²) in [7, 11) is 1.34. The first kappa shape index (κ1) is 24.5. The lowest BCUT2D eigenvalue weighted by Gasteiger charge is -2.13. The highest BCUT2D eigenvalue weighted by molar-refractivity contribution is 6.32. The molecule has 0 bridgehead atoms. The van der Waals surface area contributed by atoms with Crippen molar-refractivity contribution < 1.29 is 32.4 Å². The van der Waals surface area contributed by atoms with E-state index in [0.717, 1.165) is 6.07 Å². The van der Waals surface area contributed by atoms with Gasteiger partial charge >= 0.3 is 11.9 Å². The number of amides is 1. The van der Waals surface area contributed by atoms with Gasteiger partial charge in [-0.15, -0.1) is 0 Å². The number of hydrogen-bond acceptors (Lipinski definition) is 6. The second-order valence-electron chi connectivity index (χ2n) is 7.65. The molecule has 0 saturated carbocycles. The molecule has 3 aromatic carbocycles. The number of hydrogen-bond donors (Lipinski definition) is 0. The number of para-hydroxylation sites is 1. The topological polar surface area (TPSA) is 94.3 Å². The summed E-state index contributed by atoms with van der Waals surface area (Å²) in [6.07, 6.45) is -3.14. The minimum atomic E-state index is -4.74. The van der Waals surface area contributed by atoms with Gasteiger partial charge in [0.1, 0.15) is 0 Å². The number of carbonyl (C=O) groups is 1. The van der Waals surface area contributed by atoms with Gasteiger partial charge in [0, 0.05) is 6.07 Å². The average molecular weight is 497 g/mol. The molecular weight excluding hydrogens is 479 g/mol. The van der Waals surface area contributed by atoms with Crippen LogP contribution in [0.5, 0.6) is 17.2 Å². The number of anilines is 1. The molecule has 0 radical (unpaired) electrons. The van der Waals surface area contributed by atoms with E-state index < -0.39 is 22.4 Å². The normalized spacial score (nSPS) is 14.7. The van der Waals surface area contributed by atoms with Gasteiger partial charge in [0.25, 0.3) is 5.91 Å². The van der Waals surface area contributed by atoms with E-state index >= 15 is 0 Å². The van der Waals surface area contributed by atoms with E-state index in [2.05, 4.69) is 5.10 Å². The maximum Gasteiger partial charge on any atom is 0.416 e. The highest BCUT2D eigenvalue weighted by Crippen LogP contribution is 2.40. The molecule has 0 aliphatic carbocycles. The summed E-state index contributed by atoms with van der Waals surface area (Å²) in [5.41, 5.74) is 0.0101. The molecule has 0 spiro atoms. The van der Waals surface area contributed by atoms with Crippen LogP contribution in [-0.2, 0) is 11.0 Å². The number of methoxy groups -OCH3 is 1. The molecule has 0 unspecified atom stereocenters. The highest BCUT2D eigenvalue weighted by atomic mass is 19.4. The largest absolute Gasteiger partial charge is 0.493 e. The molecule has 4 rings (SSSR count). The Morgan fingerprint density at radius 3 is 2.33 bits per heavy atom. The van der Waals surface area contributed by atoms with Gasteiger partial charge in [-0.05, 0) is 55.0 Å². The zero-order valence-corrected chi connectivity index (χ0v) is 18.9. The molecule has 1 amide bonds. The molecule has 8 nitrogen and oxygen atoms in total. The van der Waals surface area contributed by atoms with Crippen molar-refractivity contribution in [1.29, 1.82) is 0 Å². The molecule has 1 aliphatic heterocycles. The predicted molar refractivity (Wildman–Crippen MR) is 126 cm³/mol. The number of carbonyl (C=O) groups excluding carboxylic acids is 1. The van der Waals surface area contributed by atoms with Crippen molar-refractivity contribution in [3.05, 3.63) is 93.5 Å². The summed E-state index contributed by atoms with van der Waals surface area (Å²) < 4.78 is 49.8. The lowest BCUT2D eigenvalue weighted by molar-refractivity contribution is -0.385. The van der Waals surface area contributed by atoms with Gasteiger partial charge in [0.15, 0.2) is 11.5 Å². The van der Waals surface area contributed by atoms with E-state index in [1.807, 2.05) is 6.07 Å². The lowest BCUT2D eigenvalue weighted by Crippen LogP contribution is -2.21. The van der Waals surface area contributed by atoms with Crippen LogP contribution in [0.3, 0.4) is 0 Å². The Kier molecular flexibility index (Phi) is 6.47. The monoisotopic (exact) mass is 497 g/mol. The van der Waals surface area contributed by atoms with Gasteiger partial charge in [-0.1, -0.05) is 24.3 Å². The van der Waals surface area contributed by atoms with Crippen LogP contribution < -0.4 is 14.5 Å². The summed E-state index contributed by atoms with van der Waals surface area (Å²) >= 11 is 0. The lowest BCUT2D eigenvalue weighted by atomic mass is 10.1. The van der Waals surface area contributed by atoms with Crippen molar-refractivity contribution in [2.24, 2.45) is 5.10 Å². The minimum Gasteiger partial charge on any atom is -0.493 e. The Hall–Kier alpha value is -4.67. The zero-order valence-electron chi connectivity index (χ0n) is 18.9. The molecule has 184 valence electrons. The van der Waals surface area contributed by atoms with Gasteiger partial charge in [0.2, 0.25) is 5.75 Å². The van der Waals surface area contributed by atoms with E-state index in [1.54, 1.807) is 43.3 Å². The highest BCUT2D eigenvalue weighted by Gasteiger charge is 2.34. The number of nitro benzene ring substituents is 1. The van der Waals surface area contributed by atoms with Crippen molar-refractivity contribution in [3.63, 3.8) is 0 Å². The summed E-state index contributed by atoms with van der Waals surface area (Å²) in [6, 6.07) is 15.5. The van der Waals surface area contributed by atoms with Crippen LogP contribution in [0.15, 0.2) is 77.4 Å². The maximum absolute atomic E-state index is 13.0. The van der Waals surface area contributed by atoms with Crippen LogP contribution in [-0.4, -0.2) is 23.7 Å². The molecule has 0 fully saturated rings. The van der Waals surface area contributed by atoms with Crippen LogP contribution in [0.4, 0.5) is 24.5 Å². The van der Waals surface area contributed by atoms with Crippen LogP contribution in [0.25, 0.3) is 6.08 Å². The Labute approximate surface area is 203 Å². The Bertz CT molecular complexity index is 1400. The number of ether oxygens (including phenoxy) is 2. The fraction of sp³-hybridized carbons (Fsp3) is 0.120. The van der Waals surface area contributed by atoms with Crippen LogP contribution in [0.2, 0.25) is 0 Å². The second kappa shape index (κ2) is 9.53. The van der Waals surface area contributed by atoms with Crippen molar-refractivity contribution >= 4 is 29.1 Å². The maximum atomic E-state index is 13.0. The third-order valence-corrected chi connectivity index (χ3v) is 5.26. The second-order valence-corrected chi connectivity index (χ2v) is 7.65. The number of rotatable bonds is 6. The molecule has 1 aliphatic rings. The van der Waals surface area contributed by atoms with E-state index in [1.165, 1.54) is 24.3 Å². The van der Waals surface area contributed by atoms with Gasteiger partial charge in [0.05, 0.1) is 34.6 Å². The Morgan fingerprint density at radius 1 is 1.00 bits per heavy atom. The van der Waals surface area contributed by atoms with E-state index in [0.29, 0.717) is 34.7 Å². The van der Waals surface area contributed by atoms with E-state index in [4.69, 9.17) is 9.47 Å². The number of nitro groups is 1. The molecule has 11 heteroatoms.